The van der Waals surface area contributed by atoms with Crippen molar-refractivity contribution in [3.8, 4) is 0 Å². The van der Waals surface area contributed by atoms with Crippen LogP contribution < -0.4 is 5.73 Å². The Hall–Kier alpha value is -1.04. The molecule has 0 aliphatic carbocycles. The molecule has 0 aromatic carbocycles. The molecule has 0 radical (unpaired) electrons. The van der Waals surface area contributed by atoms with Crippen LogP contribution in [0.1, 0.15) is 19.5 Å². The Morgan fingerprint density at radius 1 is 1.54 bits per heavy atom. The number of nitrogen functional groups attached to an aromatic ring is 1. The van der Waals surface area contributed by atoms with E-state index in [-0.39, 0.29) is 5.88 Å². The average Bonchev–Trinajstić information content (AvgIpc) is 2.33. The summed E-state index contributed by atoms with van der Waals surface area (Å²) in [4.78, 5) is 0. The van der Waals surface area contributed by atoms with Crippen molar-refractivity contribution in [2.75, 3.05) is 12.0 Å². The smallest absolute Gasteiger partial charge is 0.222 e. The lowest BCUT2D eigenvalue weighted by Gasteiger charge is -2.18. The largest absolute Gasteiger partial charge is 0.368 e. The summed E-state index contributed by atoms with van der Waals surface area (Å²) in [5.41, 5.74) is 5.62. The second-order valence-electron chi connectivity index (χ2n) is 3.40. The van der Waals surface area contributed by atoms with Gasteiger partial charge in [-0.3, -0.25) is 0 Å². The van der Waals surface area contributed by atoms with Crippen LogP contribution in [0.25, 0.3) is 0 Å². The van der Waals surface area contributed by atoms with E-state index in [4.69, 9.17) is 5.73 Å². The zero-order valence-electron chi connectivity index (χ0n) is 7.73. The lowest BCUT2D eigenvalue weighted by atomic mass is 10.1. The van der Waals surface area contributed by atoms with Gasteiger partial charge in [0.15, 0.2) is 9.84 Å². The van der Waals surface area contributed by atoms with Gasteiger partial charge in [0.2, 0.25) is 5.88 Å². The van der Waals surface area contributed by atoms with Gasteiger partial charge >= 0.3 is 0 Å². The van der Waals surface area contributed by atoms with E-state index < -0.39 is 14.6 Å². The predicted octanol–water partition coefficient (Wildman–Crippen LogP) is 0.537. The van der Waals surface area contributed by atoms with E-state index in [1.807, 2.05) is 0 Å². The third kappa shape index (κ3) is 1.67. The topological polar surface area (TPSA) is 86.2 Å². The molecule has 0 unspecified atom stereocenters. The Labute approximate surface area is 76.8 Å². The number of sulfone groups is 1. The number of nitrogens with two attached hydrogens (primary N) is 1. The summed E-state index contributed by atoms with van der Waals surface area (Å²) in [5.74, 6) is 0.117. The highest BCUT2D eigenvalue weighted by Crippen LogP contribution is 2.28. The second kappa shape index (κ2) is 2.73. The molecule has 0 aliphatic rings. The van der Waals surface area contributed by atoms with E-state index in [1.165, 1.54) is 6.07 Å². The Morgan fingerprint density at radius 2 is 2.08 bits per heavy atom. The van der Waals surface area contributed by atoms with E-state index in [0.717, 1.165) is 6.26 Å². The monoisotopic (exact) mass is 204 g/mol. The normalized spacial score (nSPS) is 13.2. The number of hydrogen-bond donors (Lipinski definition) is 1. The maximum atomic E-state index is 11.3. The Kier molecular flexibility index (Phi) is 2.11. The third-order valence-electron chi connectivity index (χ3n) is 2.07. The molecular formula is C7H12N2O3S. The molecule has 1 aromatic heterocycles. The van der Waals surface area contributed by atoms with Gasteiger partial charge in [-0.15, -0.1) is 0 Å². The number of rotatable bonds is 2. The van der Waals surface area contributed by atoms with Crippen LogP contribution in [0.15, 0.2) is 10.6 Å². The molecule has 0 fully saturated rings. The molecule has 74 valence electrons. The van der Waals surface area contributed by atoms with Gasteiger partial charge in [-0.2, -0.15) is 0 Å². The molecule has 2 N–H and O–H groups in total. The fourth-order valence-electron chi connectivity index (χ4n) is 0.763. The lowest BCUT2D eigenvalue weighted by Crippen LogP contribution is -2.28. The first-order valence-corrected chi connectivity index (χ1v) is 5.56. The Bertz CT molecular complexity index is 405. The SMILES string of the molecule is CC(C)(c1cc(N)on1)S(C)(=O)=O. The van der Waals surface area contributed by atoms with Crippen molar-refractivity contribution in [2.24, 2.45) is 0 Å². The van der Waals surface area contributed by atoms with Crippen LogP contribution >= 0.6 is 0 Å². The minimum Gasteiger partial charge on any atom is -0.368 e. The molecule has 1 aromatic rings. The Morgan fingerprint density at radius 3 is 2.38 bits per heavy atom. The van der Waals surface area contributed by atoms with Crippen molar-refractivity contribution < 1.29 is 12.9 Å². The zero-order valence-corrected chi connectivity index (χ0v) is 8.55. The molecule has 6 heteroatoms. The van der Waals surface area contributed by atoms with Crippen LogP contribution in [0.5, 0.6) is 0 Å². The molecule has 0 saturated carbocycles. The van der Waals surface area contributed by atoms with Crippen molar-refractivity contribution in [1.29, 1.82) is 0 Å². The number of nitrogens with zero attached hydrogens (tertiary/aromatic N) is 1. The Balaban J connectivity index is 3.23. The van der Waals surface area contributed by atoms with Gasteiger partial charge in [0.05, 0.1) is 0 Å². The molecule has 0 spiro atoms. The van der Waals surface area contributed by atoms with Gasteiger partial charge in [0.25, 0.3) is 0 Å². The first-order chi connectivity index (χ1) is 5.75. The van der Waals surface area contributed by atoms with Crippen molar-refractivity contribution >= 4 is 15.7 Å². The van der Waals surface area contributed by atoms with Crippen molar-refractivity contribution in [1.82, 2.24) is 5.16 Å². The van der Waals surface area contributed by atoms with E-state index in [0.29, 0.717) is 5.69 Å². The van der Waals surface area contributed by atoms with Crippen LogP contribution in [-0.2, 0) is 14.6 Å². The summed E-state index contributed by atoms with van der Waals surface area (Å²) in [6.45, 7) is 3.11. The highest BCUT2D eigenvalue weighted by atomic mass is 32.2. The van der Waals surface area contributed by atoms with E-state index in [9.17, 15) is 8.42 Å². The zero-order chi connectivity index (χ0) is 10.3. The summed E-state index contributed by atoms with van der Waals surface area (Å²) in [6, 6.07) is 1.42. The molecule has 0 saturated heterocycles. The highest BCUT2D eigenvalue weighted by Gasteiger charge is 2.35. The van der Waals surface area contributed by atoms with Gasteiger partial charge < -0.3 is 10.3 Å². The first-order valence-electron chi connectivity index (χ1n) is 3.67. The van der Waals surface area contributed by atoms with Crippen LogP contribution in [0, 0.1) is 0 Å². The van der Waals surface area contributed by atoms with Crippen LogP contribution in [0.2, 0.25) is 0 Å². The fourth-order valence-corrected chi connectivity index (χ4v) is 1.24. The van der Waals surface area contributed by atoms with Crippen LogP contribution in [-0.4, -0.2) is 19.8 Å². The number of anilines is 1. The lowest BCUT2D eigenvalue weighted by molar-refractivity contribution is 0.417. The molecule has 1 rings (SSSR count). The first kappa shape index (κ1) is 10.0. The highest BCUT2D eigenvalue weighted by molar-refractivity contribution is 7.91. The quantitative estimate of drug-likeness (QED) is 0.759. The minimum atomic E-state index is -3.22. The molecule has 0 aliphatic heterocycles. The molecule has 0 bridgehead atoms. The van der Waals surface area contributed by atoms with Crippen molar-refractivity contribution in [2.45, 2.75) is 18.6 Å². The average molecular weight is 204 g/mol. The summed E-state index contributed by atoms with van der Waals surface area (Å²) in [6.07, 6.45) is 1.15. The van der Waals surface area contributed by atoms with Gasteiger partial charge in [-0.25, -0.2) is 8.42 Å². The van der Waals surface area contributed by atoms with Crippen LogP contribution in [0.4, 0.5) is 5.88 Å². The fraction of sp³-hybridized carbons (Fsp3) is 0.571. The molecule has 5 nitrogen and oxygen atoms in total. The van der Waals surface area contributed by atoms with E-state index in [2.05, 4.69) is 9.68 Å². The third-order valence-corrected chi connectivity index (χ3v) is 4.14. The second-order valence-corrected chi connectivity index (χ2v) is 5.96. The number of aromatic nitrogens is 1. The summed E-state index contributed by atoms with van der Waals surface area (Å²) < 4.78 is 26.2. The minimum absolute atomic E-state index is 0.117. The van der Waals surface area contributed by atoms with Gasteiger partial charge in [-0.05, 0) is 13.8 Å². The molecule has 0 atom stereocenters. The summed E-state index contributed by atoms with van der Waals surface area (Å²) in [7, 11) is -3.22. The van der Waals surface area contributed by atoms with Gasteiger partial charge in [0, 0.05) is 12.3 Å². The van der Waals surface area contributed by atoms with Crippen molar-refractivity contribution in [3.05, 3.63) is 11.8 Å². The molecule has 0 amide bonds. The van der Waals surface area contributed by atoms with Crippen molar-refractivity contribution in [3.63, 3.8) is 0 Å². The van der Waals surface area contributed by atoms with E-state index >= 15 is 0 Å². The number of hydrogen-bond acceptors (Lipinski definition) is 5. The standard InChI is InChI=1S/C7H12N2O3S/c1-7(2,13(3,10)11)5-4-6(8)12-9-5/h4H,8H2,1-3H3. The van der Waals surface area contributed by atoms with Gasteiger partial charge in [0.1, 0.15) is 10.4 Å². The molecule has 1 heterocycles. The van der Waals surface area contributed by atoms with Gasteiger partial charge in [-0.1, -0.05) is 5.16 Å². The predicted molar refractivity (Wildman–Crippen MR) is 48.8 cm³/mol. The van der Waals surface area contributed by atoms with Crippen LogP contribution in [0.3, 0.4) is 0 Å². The summed E-state index contributed by atoms with van der Waals surface area (Å²) >= 11 is 0. The maximum Gasteiger partial charge on any atom is 0.222 e. The molecular weight excluding hydrogens is 192 g/mol. The maximum absolute atomic E-state index is 11.3. The van der Waals surface area contributed by atoms with E-state index in [1.54, 1.807) is 13.8 Å². The molecule has 13 heavy (non-hydrogen) atoms. The summed E-state index contributed by atoms with van der Waals surface area (Å²) in [5, 5.41) is 3.57.